The van der Waals surface area contributed by atoms with E-state index in [2.05, 4.69) is 0 Å². The van der Waals surface area contributed by atoms with Crippen molar-refractivity contribution in [3.05, 3.63) is 29.8 Å². The SMILES string of the molecule is COc1ccc(C([O-])(O)C(Cl)(Cl)Cl)cc1. The van der Waals surface area contributed by atoms with Gasteiger partial charge in [-0.15, -0.1) is 0 Å². The first-order chi connectivity index (χ1) is 6.79. The maximum Gasteiger partial charge on any atom is 0.208 e. The van der Waals surface area contributed by atoms with Crippen molar-refractivity contribution in [2.75, 3.05) is 7.11 Å². The van der Waals surface area contributed by atoms with E-state index in [1.54, 1.807) is 0 Å². The molecule has 1 atom stereocenters. The van der Waals surface area contributed by atoms with Gasteiger partial charge < -0.3 is 14.9 Å². The largest absolute Gasteiger partial charge is 0.822 e. The molecule has 1 unspecified atom stereocenters. The number of rotatable bonds is 2. The molecule has 0 aliphatic rings. The van der Waals surface area contributed by atoms with Gasteiger partial charge in [0.1, 0.15) is 5.75 Å². The zero-order valence-corrected chi connectivity index (χ0v) is 9.97. The number of benzene rings is 1. The first-order valence-electron chi connectivity index (χ1n) is 3.93. The maximum atomic E-state index is 11.6. The van der Waals surface area contributed by atoms with Gasteiger partial charge in [-0.2, -0.15) is 0 Å². The average Bonchev–Trinajstić information content (AvgIpc) is 2.16. The molecule has 1 aromatic rings. The molecule has 0 fully saturated rings. The summed E-state index contributed by atoms with van der Waals surface area (Å²) in [6.07, 6.45) is 0. The molecule has 0 aliphatic carbocycles. The summed E-state index contributed by atoms with van der Waals surface area (Å²) in [5.41, 5.74) is -0.0386. The Balaban J connectivity index is 3.06. The molecular formula is C9H8Cl3O3-. The fourth-order valence-corrected chi connectivity index (χ4v) is 1.31. The fourth-order valence-electron chi connectivity index (χ4n) is 0.981. The zero-order valence-electron chi connectivity index (χ0n) is 7.71. The Labute approximate surface area is 102 Å². The lowest BCUT2D eigenvalue weighted by Crippen LogP contribution is -2.51. The highest BCUT2D eigenvalue weighted by Gasteiger charge is 2.38. The Bertz CT molecular complexity index is 329. The van der Waals surface area contributed by atoms with E-state index in [1.807, 2.05) is 0 Å². The van der Waals surface area contributed by atoms with E-state index in [1.165, 1.54) is 31.4 Å². The number of halogens is 3. The molecule has 0 aliphatic heterocycles. The first-order valence-corrected chi connectivity index (χ1v) is 5.06. The number of hydrogen-bond acceptors (Lipinski definition) is 3. The lowest BCUT2D eigenvalue weighted by molar-refractivity contribution is -0.558. The normalized spacial score (nSPS) is 15.9. The monoisotopic (exact) mass is 269 g/mol. The lowest BCUT2D eigenvalue weighted by Gasteiger charge is -2.41. The van der Waals surface area contributed by atoms with Gasteiger partial charge in [-0.3, -0.25) is 0 Å². The third kappa shape index (κ3) is 2.68. The quantitative estimate of drug-likeness (QED) is 0.655. The van der Waals surface area contributed by atoms with E-state index >= 15 is 0 Å². The molecule has 0 saturated carbocycles. The van der Waals surface area contributed by atoms with E-state index in [9.17, 15) is 10.2 Å². The van der Waals surface area contributed by atoms with E-state index in [4.69, 9.17) is 39.5 Å². The topological polar surface area (TPSA) is 52.5 Å². The number of hydrogen-bond donors (Lipinski definition) is 1. The van der Waals surface area contributed by atoms with Crippen molar-refractivity contribution in [1.82, 2.24) is 0 Å². The van der Waals surface area contributed by atoms with Crippen LogP contribution < -0.4 is 9.84 Å². The summed E-state index contributed by atoms with van der Waals surface area (Å²) in [6, 6.07) is 5.67. The Morgan fingerprint density at radius 2 is 1.67 bits per heavy atom. The minimum absolute atomic E-state index is 0.0386. The molecule has 0 heterocycles. The number of alkyl halides is 3. The highest BCUT2D eigenvalue weighted by molar-refractivity contribution is 6.68. The van der Waals surface area contributed by atoms with Crippen LogP contribution >= 0.6 is 34.8 Å². The third-order valence-corrected chi connectivity index (χ3v) is 2.63. The Morgan fingerprint density at radius 3 is 2.00 bits per heavy atom. The van der Waals surface area contributed by atoms with Gasteiger partial charge in [-0.25, -0.2) is 0 Å². The summed E-state index contributed by atoms with van der Waals surface area (Å²) in [6.45, 7) is 0. The fraction of sp³-hybridized carbons (Fsp3) is 0.333. The van der Waals surface area contributed by atoms with Crippen LogP contribution in [0.15, 0.2) is 24.3 Å². The van der Waals surface area contributed by atoms with Gasteiger partial charge in [0.05, 0.1) is 12.9 Å². The van der Waals surface area contributed by atoms with Crippen LogP contribution in [0.25, 0.3) is 0 Å². The third-order valence-electron chi connectivity index (χ3n) is 1.87. The predicted octanol–water partition coefficient (Wildman–Crippen LogP) is 1.57. The Hall–Kier alpha value is -0.190. The van der Waals surface area contributed by atoms with E-state index in [0.717, 1.165) is 0 Å². The van der Waals surface area contributed by atoms with Gasteiger partial charge in [0.15, 0.2) is 0 Å². The van der Waals surface area contributed by atoms with Crippen LogP contribution in [0.1, 0.15) is 5.56 Å². The summed E-state index contributed by atoms with van der Waals surface area (Å²) in [7, 11) is 1.48. The van der Waals surface area contributed by atoms with Crippen LogP contribution in [0.4, 0.5) is 0 Å². The number of methoxy groups -OCH3 is 1. The van der Waals surface area contributed by atoms with Crippen molar-refractivity contribution in [1.29, 1.82) is 0 Å². The Morgan fingerprint density at radius 1 is 1.20 bits per heavy atom. The van der Waals surface area contributed by atoms with Crippen molar-refractivity contribution in [2.24, 2.45) is 0 Å². The second kappa shape index (κ2) is 4.36. The van der Waals surface area contributed by atoms with Gasteiger partial charge in [0.25, 0.3) is 0 Å². The molecule has 0 amide bonds. The molecule has 0 aromatic heterocycles. The van der Waals surface area contributed by atoms with Crippen molar-refractivity contribution >= 4 is 34.8 Å². The Kier molecular flexibility index (Phi) is 3.74. The first kappa shape index (κ1) is 12.9. The standard InChI is InChI=1S/C9H8Cl3O3/c1-15-7-4-2-6(3-5-7)8(13,14)9(10,11)12/h2-5,13H,1H3/q-1. The molecule has 84 valence electrons. The highest BCUT2D eigenvalue weighted by atomic mass is 35.6. The van der Waals surface area contributed by atoms with Crippen molar-refractivity contribution < 1.29 is 14.9 Å². The van der Waals surface area contributed by atoms with E-state index in [0.29, 0.717) is 5.75 Å². The van der Waals surface area contributed by atoms with Crippen LogP contribution in [0, 0.1) is 0 Å². The molecule has 0 saturated heterocycles. The lowest BCUT2D eigenvalue weighted by atomic mass is 10.1. The van der Waals surface area contributed by atoms with Gasteiger partial charge in [-0.1, -0.05) is 46.9 Å². The number of aliphatic hydroxyl groups is 1. The average molecular weight is 271 g/mol. The molecule has 0 radical (unpaired) electrons. The van der Waals surface area contributed by atoms with Crippen LogP contribution in [0.3, 0.4) is 0 Å². The van der Waals surface area contributed by atoms with Crippen LogP contribution in [0.2, 0.25) is 0 Å². The second-order valence-electron chi connectivity index (χ2n) is 2.87. The summed E-state index contributed by atoms with van der Waals surface area (Å²) < 4.78 is 2.55. The molecule has 1 N–H and O–H groups in total. The number of ether oxygens (including phenoxy) is 1. The van der Waals surface area contributed by atoms with E-state index in [-0.39, 0.29) is 5.56 Å². The van der Waals surface area contributed by atoms with E-state index < -0.39 is 9.58 Å². The summed E-state index contributed by atoms with van der Waals surface area (Å²) >= 11 is 16.1. The second-order valence-corrected chi connectivity index (χ2v) is 5.15. The smallest absolute Gasteiger partial charge is 0.208 e. The van der Waals surface area contributed by atoms with Gasteiger partial charge in [-0.05, 0) is 17.7 Å². The molecule has 0 bridgehead atoms. The van der Waals surface area contributed by atoms with Crippen LogP contribution in [-0.2, 0) is 5.79 Å². The van der Waals surface area contributed by atoms with Crippen molar-refractivity contribution in [2.45, 2.75) is 9.58 Å². The molecule has 6 heteroatoms. The minimum atomic E-state index is -2.79. The molecule has 1 aromatic carbocycles. The van der Waals surface area contributed by atoms with Crippen LogP contribution in [-0.4, -0.2) is 16.0 Å². The van der Waals surface area contributed by atoms with Crippen molar-refractivity contribution in [3.63, 3.8) is 0 Å². The molecule has 15 heavy (non-hydrogen) atoms. The minimum Gasteiger partial charge on any atom is -0.822 e. The molecule has 0 spiro atoms. The predicted molar refractivity (Wildman–Crippen MR) is 57.2 cm³/mol. The van der Waals surface area contributed by atoms with Gasteiger partial charge in [0, 0.05) is 0 Å². The van der Waals surface area contributed by atoms with Gasteiger partial charge in [0.2, 0.25) is 3.79 Å². The summed E-state index contributed by atoms with van der Waals surface area (Å²) in [5.74, 6) is -2.25. The highest BCUT2D eigenvalue weighted by Crippen LogP contribution is 2.41. The maximum absolute atomic E-state index is 11.6. The zero-order chi connectivity index (χ0) is 11.7. The summed E-state index contributed by atoms with van der Waals surface area (Å²) in [5, 5.41) is 21.1. The molecular weight excluding hydrogens is 262 g/mol. The molecule has 3 nitrogen and oxygen atoms in total. The molecule has 1 rings (SSSR count). The van der Waals surface area contributed by atoms with Crippen LogP contribution in [0.5, 0.6) is 5.75 Å². The summed E-state index contributed by atoms with van der Waals surface area (Å²) in [4.78, 5) is 0. The van der Waals surface area contributed by atoms with Crippen molar-refractivity contribution in [3.8, 4) is 5.75 Å². The van der Waals surface area contributed by atoms with Gasteiger partial charge >= 0.3 is 0 Å².